The van der Waals surface area contributed by atoms with E-state index in [2.05, 4.69) is 35.9 Å². The van der Waals surface area contributed by atoms with Gasteiger partial charge in [-0.25, -0.2) is 0 Å². The molecule has 1 N–H and O–H groups in total. The SMILES string of the molecule is CCCn1ncc(OC)c1C(C)(C)CCNC1CC1. The van der Waals surface area contributed by atoms with Crippen molar-refractivity contribution >= 4 is 0 Å². The van der Waals surface area contributed by atoms with Crippen LogP contribution in [0, 0.1) is 0 Å². The fourth-order valence-corrected chi connectivity index (χ4v) is 2.58. The molecule has 0 radical (unpaired) electrons. The van der Waals surface area contributed by atoms with Crippen molar-refractivity contribution in [2.24, 2.45) is 0 Å². The van der Waals surface area contributed by atoms with Crippen molar-refractivity contribution in [2.45, 2.75) is 64.5 Å². The molecular weight excluding hydrogens is 238 g/mol. The summed E-state index contributed by atoms with van der Waals surface area (Å²) in [6.07, 6.45) is 6.74. The molecule has 0 aromatic carbocycles. The zero-order valence-corrected chi connectivity index (χ0v) is 12.7. The zero-order chi connectivity index (χ0) is 13.9. The highest BCUT2D eigenvalue weighted by atomic mass is 16.5. The van der Waals surface area contributed by atoms with Crippen molar-refractivity contribution in [3.05, 3.63) is 11.9 Å². The molecule has 1 saturated carbocycles. The molecule has 0 unspecified atom stereocenters. The van der Waals surface area contributed by atoms with Gasteiger partial charge in [0, 0.05) is 18.0 Å². The number of aromatic nitrogens is 2. The van der Waals surface area contributed by atoms with E-state index in [0.29, 0.717) is 0 Å². The van der Waals surface area contributed by atoms with Crippen LogP contribution >= 0.6 is 0 Å². The van der Waals surface area contributed by atoms with E-state index in [-0.39, 0.29) is 5.41 Å². The van der Waals surface area contributed by atoms with Gasteiger partial charge in [-0.2, -0.15) is 5.10 Å². The first kappa shape index (κ1) is 14.4. The predicted molar refractivity (Wildman–Crippen MR) is 77.7 cm³/mol. The third-order valence-electron chi connectivity index (χ3n) is 3.86. The van der Waals surface area contributed by atoms with Crippen LogP contribution in [-0.4, -0.2) is 29.5 Å². The maximum atomic E-state index is 5.49. The topological polar surface area (TPSA) is 39.1 Å². The molecule has 0 amide bonds. The smallest absolute Gasteiger partial charge is 0.160 e. The van der Waals surface area contributed by atoms with Crippen molar-refractivity contribution in [1.29, 1.82) is 0 Å². The minimum Gasteiger partial charge on any atom is -0.493 e. The maximum absolute atomic E-state index is 5.49. The lowest BCUT2D eigenvalue weighted by atomic mass is 9.85. The largest absolute Gasteiger partial charge is 0.493 e. The van der Waals surface area contributed by atoms with E-state index >= 15 is 0 Å². The third kappa shape index (κ3) is 3.50. The molecule has 1 heterocycles. The van der Waals surface area contributed by atoms with Crippen LogP contribution in [0.25, 0.3) is 0 Å². The number of aryl methyl sites for hydroxylation is 1. The van der Waals surface area contributed by atoms with Crippen LogP contribution < -0.4 is 10.1 Å². The highest BCUT2D eigenvalue weighted by Gasteiger charge is 2.30. The average molecular weight is 265 g/mol. The molecule has 0 atom stereocenters. The van der Waals surface area contributed by atoms with Crippen LogP contribution in [-0.2, 0) is 12.0 Å². The molecule has 1 aliphatic carbocycles. The Morgan fingerprint density at radius 1 is 1.47 bits per heavy atom. The van der Waals surface area contributed by atoms with Crippen molar-refractivity contribution in [2.75, 3.05) is 13.7 Å². The van der Waals surface area contributed by atoms with Crippen molar-refractivity contribution < 1.29 is 4.74 Å². The molecule has 2 rings (SSSR count). The second-order valence-corrected chi connectivity index (χ2v) is 6.15. The summed E-state index contributed by atoms with van der Waals surface area (Å²) in [6.45, 7) is 8.77. The summed E-state index contributed by atoms with van der Waals surface area (Å²) in [5.41, 5.74) is 1.31. The highest BCUT2D eigenvalue weighted by Crippen LogP contribution is 2.34. The molecule has 0 spiro atoms. The number of methoxy groups -OCH3 is 1. The maximum Gasteiger partial charge on any atom is 0.160 e. The minimum atomic E-state index is 0.0822. The van der Waals surface area contributed by atoms with Gasteiger partial charge in [-0.3, -0.25) is 4.68 Å². The molecule has 4 nitrogen and oxygen atoms in total. The molecule has 1 aliphatic rings. The van der Waals surface area contributed by atoms with Gasteiger partial charge in [0.1, 0.15) is 0 Å². The lowest BCUT2D eigenvalue weighted by molar-refractivity contribution is 0.363. The van der Waals surface area contributed by atoms with Gasteiger partial charge in [0.2, 0.25) is 0 Å². The number of rotatable bonds is 8. The van der Waals surface area contributed by atoms with Gasteiger partial charge in [-0.1, -0.05) is 20.8 Å². The summed E-state index contributed by atoms with van der Waals surface area (Å²) in [5.74, 6) is 0.921. The van der Waals surface area contributed by atoms with Gasteiger partial charge in [-0.15, -0.1) is 0 Å². The molecule has 0 aliphatic heterocycles. The summed E-state index contributed by atoms with van der Waals surface area (Å²) in [5, 5.41) is 8.06. The summed E-state index contributed by atoms with van der Waals surface area (Å²) >= 11 is 0. The molecule has 1 fully saturated rings. The standard InChI is InChI=1S/C15H27N3O/c1-5-10-18-14(13(19-4)11-17-18)15(2,3)8-9-16-12-6-7-12/h11-12,16H,5-10H2,1-4H3. The lowest BCUT2D eigenvalue weighted by Crippen LogP contribution is -2.29. The fraction of sp³-hybridized carbons (Fsp3) is 0.800. The van der Waals surface area contributed by atoms with Crippen LogP contribution in [0.2, 0.25) is 0 Å². The molecule has 1 aromatic rings. The minimum absolute atomic E-state index is 0.0822. The first-order valence-electron chi connectivity index (χ1n) is 7.42. The van der Waals surface area contributed by atoms with Crippen molar-refractivity contribution in [1.82, 2.24) is 15.1 Å². The lowest BCUT2D eigenvalue weighted by Gasteiger charge is -2.27. The molecule has 108 valence electrons. The van der Waals surface area contributed by atoms with E-state index in [1.807, 2.05) is 6.20 Å². The van der Waals surface area contributed by atoms with Gasteiger partial charge in [0.05, 0.1) is 19.0 Å². The normalized spacial score (nSPS) is 15.8. The van der Waals surface area contributed by atoms with E-state index in [9.17, 15) is 0 Å². The number of ether oxygens (including phenoxy) is 1. The fourth-order valence-electron chi connectivity index (χ4n) is 2.58. The summed E-state index contributed by atoms with van der Waals surface area (Å²) < 4.78 is 7.60. The predicted octanol–water partition coefficient (Wildman–Crippen LogP) is 2.72. The Kier molecular flexibility index (Phi) is 4.50. The van der Waals surface area contributed by atoms with E-state index < -0.39 is 0 Å². The van der Waals surface area contributed by atoms with E-state index in [4.69, 9.17) is 4.74 Å². The van der Waals surface area contributed by atoms with E-state index in [1.54, 1.807) is 7.11 Å². The first-order chi connectivity index (χ1) is 9.08. The van der Waals surface area contributed by atoms with Gasteiger partial charge >= 0.3 is 0 Å². The molecular formula is C15H27N3O. The van der Waals surface area contributed by atoms with Crippen molar-refractivity contribution in [3.63, 3.8) is 0 Å². The second-order valence-electron chi connectivity index (χ2n) is 6.15. The zero-order valence-electron chi connectivity index (χ0n) is 12.7. The first-order valence-corrected chi connectivity index (χ1v) is 7.42. The number of hydrogen-bond donors (Lipinski definition) is 1. The average Bonchev–Trinajstić information content (AvgIpc) is 3.08. The number of hydrogen-bond acceptors (Lipinski definition) is 3. The van der Waals surface area contributed by atoms with E-state index in [0.717, 1.165) is 37.7 Å². The molecule has 1 aromatic heterocycles. The Hall–Kier alpha value is -1.03. The van der Waals surface area contributed by atoms with Crippen LogP contribution in [0.3, 0.4) is 0 Å². The quantitative estimate of drug-likeness (QED) is 0.785. The second kappa shape index (κ2) is 5.95. The Labute approximate surface area is 116 Å². The van der Waals surface area contributed by atoms with Crippen LogP contribution in [0.15, 0.2) is 6.20 Å². The van der Waals surface area contributed by atoms with Gasteiger partial charge in [-0.05, 0) is 32.2 Å². The Balaban J connectivity index is 2.08. The summed E-state index contributed by atoms with van der Waals surface area (Å²) in [7, 11) is 1.73. The monoisotopic (exact) mass is 265 g/mol. The molecule has 0 saturated heterocycles. The number of nitrogens with one attached hydrogen (secondary N) is 1. The van der Waals surface area contributed by atoms with Crippen LogP contribution in [0.1, 0.15) is 52.1 Å². The molecule has 4 heteroatoms. The van der Waals surface area contributed by atoms with Crippen LogP contribution in [0.4, 0.5) is 0 Å². The Morgan fingerprint density at radius 3 is 2.79 bits per heavy atom. The summed E-state index contributed by atoms with van der Waals surface area (Å²) in [4.78, 5) is 0. The molecule has 19 heavy (non-hydrogen) atoms. The van der Waals surface area contributed by atoms with Crippen molar-refractivity contribution in [3.8, 4) is 5.75 Å². The van der Waals surface area contributed by atoms with Gasteiger partial charge in [0.25, 0.3) is 0 Å². The Morgan fingerprint density at radius 2 is 2.21 bits per heavy atom. The van der Waals surface area contributed by atoms with Gasteiger partial charge < -0.3 is 10.1 Å². The van der Waals surface area contributed by atoms with Crippen LogP contribution in [0.5, 0.6) is 5.75 Å². The summed E-state index contributed by atoms with van der Waals surface area (Å²) in [6, 6.07) is 0.776. The number of nitrogens with zero attached hydrogens (tertiary/aromatic N) is 2. The molecule has 0 bridgehead atoms. The highest BCUT2D eigenvalue weighted by molar-refractivity contribution is 5.31. The third-order valence-corrected chi connectivity index (χ3v) is 3.86. The Bertz CT molecular complexity index is 408. The van der Waals surface area contributed by atoms with E-state index in [1.165, 1.54) is 18.5 Å². The van der Waals surface area contributed by atoms with Gasteiger partial charge in [0.15, 0.2) is 5.75 Å².